The first-order valence-electron chi connectivity index (χ1n) is 12.6. The minimum Gasteiger partial charge on any atom is -0.483 e. The number of amides is 2. The maximum Gasteiger partial charge on any atom is 0.261 e. The molecule has 0 saturated heterocycles. The second-order valence-corrected chi connectivity index (χ2v) is 10.1. The normalized spacial score (nSPS) is 12.0. The number of nitrogens with one attached hydrogen (secondary N) is 1. The summed E-state index contributed by atoms with van der Waals surface area (Å²) < 4.78 is 6.09. The summed E-state index contributed by atoms with van der Waals surface area (Å²) in [6, 6.07) is 25.0. The van der Waals surface area contributed by atoms with E-state index < -0.39 is 6.04 Å². The fourth-order valence-electron chi connectivity index (χ4n) is 4.29. The number of aryl methyl sites for hydroxylation is 1. The molecule has 5 heteroatoms. The molecule has 3 aromatic rings. The van der Waals surface area contributed by atoms with E-state index in [1.165, 1.54) is 0 Å². The van der Waals surface area contributed by atoms with Gasteiger partial charge in [0.1, 0.15) is 11.8 Å². The van der Waals surface area contributed by atoms with Gasteiger partial charge in [-0.3, -0.25) is 9.59 Å². The van der Waals surface area contributed by atoms with Crippen molar-refractivity contribution in [2.45, 2.75) is 59.0 Å². The van der Waals surface area contributed by atoms with Gasteiger partial charge in [-0.2, -0.15) is 0 Å². The van der Waals surface area contributed by atoms with Crippen LogP contribution >= 0.6 is 0 Å². The van der Waals surface area contributed by atoms with Gasteiger partial charge in [-0.1, -0.05) is 99.1 Å². The number of para-hydroxylation sites is 1. The van der Waals surface area contributed by atoms with Gasteiger partial charge in [-0.15, -0.1) is 0 Å². The molecule has 3 rings (SSSR count). The van der Waals surface area contributed by atoms with Crippen LogP contribution in [0, 0.1) is 6.92 Å². The van der Waals surface area contributed by atoms with Gasteiger partial charge in [0.15, 0.2) is 6.61 Å². The van der Waals surface area contributed by atoms with E-state index in [0.717, 1.165) is 22.3 Å². The van der Waals surface area contributed by atoms with Crippen molar-refractivity contribution in [2.24, 2.45) is 0 Å². The molecule has 0 spiro atoms. The molecule has 0 fully saturated rings. The SMILES string of the molecule is CCNC(=O)[C@@H](Cc1ccccc1)N(Cc1cccc(C)c1)C(=O)COc1ccccc1C(C)(C)C. The smallest absolute Gasteiger partial charge is 0.261 e. The molecular weight excluding hydrogens is 448 g/mol. The number of carbonyl (C=O) groups is 2. The van der Waals surface area contributed by atoms with Crippen LogP contribution in [0.2, 0.25) is 0 Å². The molecule has 190 valence electrons. The topological polar surface area (TPSA) is 58.6 Å². The first kappa shape index (κ1) is 27.0. The van der Waals surface area contributed by atoms with Crippen LogP contribution < -0.4 is 10.1 Å². The van der Waals surface area contributed by atoms with Crippen LogP contribution in [0.1, 0.15) is 49.9 Å². The average Bonchev–Trinajstić information content (AvgIpc) is 2.85. The van der Waals surface area contributed by atoms with E-state index in [4.69, 9.17) is 4.74 Å². The van der Waals surface area contributed by atoms with Crippen LogP contribution in [-0.4, -0.2) is 35.9 Å². The number of carbonyl (C=O) groups excluding carboxylic acids is 2. The summed E-state index contributed by atoms with van der Waals surface area (Å²) >= 11 is 0. The molecule has 0 saturated carbocycles. The molecule has 0 radical (unpaired) electrons. The van der Waals surface area contributed by atoms with Crippen molar-refractivity contribution in [3.63, 3.8) is 0 Å². The Balaban J connectivity index is 1.92. The molecule has 36 heavy (non-hydrogen) atoms. The van der Waals surface area contributed by atoms with Crippen molar-refractivity contribution >= 4 is 11.8 Å². The van der Waals surface area contributed by atoms with Crippen molar-refractivity contribution in [1.82, 2.24) is 10.2 Å². The zero-order valence-corrected chi connectivity index (χ0v) is 22.1. The summed E-state index contributed by atoms with van der Waals surface area (Å²) in [5.74, 6) is 0.288. The number of benzene rings is 3. The summed E-state index contributed by atoms with van der Waals surface area (Å²) in [6.07, 6.45) is 0.419. The molecule has 0 heterocycles. The Morgan fingerprint density at radius 2 is 1.58 bits per heavy atom. The van der Waals surface area contributed by atoms with Crippen molar-refractivity contribution in [3.05, 3.63) is 101 Å². The summed E-state index contributed by atoms with van der Waals surface area (Å²) in [7, 11) is 0. The Kier molecular flexibility index (Phi) is 9.29. The van der Waals surface area contributed by atoms with Crippen LogP contribution in [0.3, 0.4) is 0 Å². The van der Waals surface area contributed by atoms with E-state index in [1.54, 1.807) is 4.90 Å². The lowest BCUT2D eigenvalue weighted by Crippen LogP contribution is -2.51. The lowest BCUT2D eigenvalue weighted by molar-refractivity contribution is -0.142. The number of hydrogen-bond acceptors (Lipinski definition) is 3. The molecule has 5 nitrogen and oxygen atoms in total. The molecule has 0 unspecified atom stereocenters. The monoisotopic (exact) mass is 486 g/mol. The van der Waals surface area contributed by atoms with Crippen molar-refractivity contribution in [2.75, 3.05) is 13.2 Å². The first-order chi connectivity index (χ1) is 17.2. The molecule has 1 N–H and O–H groups in total. The Labute approximate surface area is 215 Å². The van der Waals surface area contributed by atoms with Crippen molar-refractivity contribution in [1.29, 1.82) is 0 Å². The Morgan fingerprint density at radius 3 is 2.25 bits per heavy atom. The predicted molar refractivity (Wildman–Crippen MR) is 145 cm³/mol. The Morgan fingerprint density at radius 1 is 0.917 bits per heavy atom. The quantitative estimate of drug-likeness (QED) is 0.415. The van der Waals surface area contributed by atoms with Crippen LogP contribution in [-0.2, 0) is 28.0 Å². The van der Waals surface area contributed by atoms with Crippen LogP contribution in [0.4, 0.5) is 0 Å². The molecule has 0 bridgehead atoms. The van der Waals surface area contributed by atoms with Crippen LogP contribution in [0.15, 0.2) is 78.9 Å². The largest absolute Gasteiger partial charge is 0.483 e. The highest BCUT2D eigenvalue weighted by Gasteiger charge is 2.31. The second-order valence-electron chi connectivity index (χ2n) is 10.1. The predicted octanol–water partition coefficient (Wildman–Crippen LogP) is 5.45. The fourth-order valence-corrected chi connectivity index (χ4v) is 4.29. The summed E-state index contributed by atoms with van der Waals surface area (Å²) in [4.78, 5) is 28.7. The lowest BCUT2D eigenvalue weighted by atomic mass is 9.86. The highest BCUT2D eigenvalue weighted by molar-refractivity contribution is 5.88. The summed E-state index contributed by atoms with van der Waals surface area (Å²) in [5.41, 5.74) is 3.98. The Hall–Kier alpha value is -3.60. The second kappa shape index (κ2) is 12.4. The molecule has 0 aliphatic rings. The molecule has 1 atom stereocenters. The van der Waals surface area contributed by atoms with Gasteiger partial charge in [0.05, 0.1) is 0 Å². The third kappa shape index (κ3) is 7.45. The summed E-state index contributed by atoms with van der Waals surface area (Å²) in [6.45, 7) is 10.9. The van der Waals surface area contributed by atoms with Gasteiger partial charge in [0, 0.05) is 19.5 Å². The van der Waals surface area contributed by atoms with Gasteiger partial charge in [0.2, 0.25) is 5.91 Å². The minimum absolute atomic E-state index is 0.127. The van der Waals surface area contributed by atoms with E-state index >= 15 is 0 Å². The molecule has 0 aromatic heterocycles. The fraction of sp³-hybridized carbons (Fsp3) is 0.355. The van der Waals surface area contributed by atoms with Crippen molar-refractivity contribution in [3.8, 4) is 5.75 Å². The Bertz CT molecular complexity index is 1150. The average molecular weight is 487 g/mol. The lowest BCUT2D eigenvalue weighted by Gasteiger charge is -2.32. The third-order valence-electron chi connectivity index (χ3n) is 6.10. The highest BCUT2D eigenvalue weighted by atomic mass is 16.5. The molecular formula is C31H38N2O3. The third-order valence-corrected chi connectivity index (χ3v) is 6.10. The molecule has 3 aromatic carbocycles. The maximum atomic E-state index is 13.7. The van der Waals surface area contributed by atoms with Crippen LogP contribution in [0.5, 0.6) is 5.75 Å². The van der Waals surface area contributed by atoms with E-state index in [9.17, 15) is 9.59 Å². The summed E-state index contributed by atoms with van der Waals surface area (Å²) in [5, 5.41) is 2.93. The van der Waals surface area contributed by atoms with E-state index in [0.29, 0.717) is 25.3 Å². The van der Waals surface area contributed by atoms with Gasteiger partial charge in [-0.05, 0) is 42.0 Å². The van der Waals surface area contributed by atoms with Gasteiger partial charge < -0.3 is 15.0 Å². The van der Waals surface area contributed by atoms with Crippen LogP contribution in [0.25, 0.3) is 0 Å². The maximum absolute atomic E-state index is 13.7. The number of rotatable bonds is 10. The number of nitrogens with zero attached hydrogens (tertiary/aromatic N) is 1. The molecule has 0 aliphatic heterocycles. The molecule has 0 aliphatic carbocycles. The molecule has 2 amide bonds. The number of hydrogen-bond donors (Lipinski definition) is 1. The van der Waals surface area contributed by atoms with Gasteiger partial charge in [-0.25, -0.2) is 0 Å². The van der Waals surface area contributed by atoms with Gasteiger partial charge in [0.25, 0.3) is 5.91 Å². The number of likely N-dealkylation sites (N-methyl/N-ethyl adjacent to an activating group) is 1. The zero-order chi connectivity index (χ0) is 26.1. The zero-order valence-electron chi connectivity index (χ0n) is 22.1. The first-order valence-corrected chi connectivity index (χ1v) is 12.6. The van der Waals surface area contributed by atoms with E-state index in [-0.39, 0.29) is 23.8 Å². The van der Waals surface area contributed by atoms with E-state index in [1.807, 2.05) is 92.7 Å². The van der Waals surface area contributed by atoms with Gasteiger partial charge >= 0.3 is 0 Å². The van der Waals surface area contributed by atoms with Crippen molar-refractivity contribution < 1.29 is 14.3 Å². The minimum atomic E-state index is -0.665. The number of ether oxygens (including phenoxy) is 1. The highest BCUT2D eigenvalue weighted by Crippen LogP contribution is 2.31. The van der Waals surface area contributed by atoms with E-state index in [2.05, 4.69) is 26.1 Å². The standard InChI is InChI=1S/C31H38N2O3/c1-6-32-30(35)27(20-24-14-8-7-9-15-24)33(21-25-16-12-13-23(2)19-25)29(34)22-36-28-18-11-10-17-26(28)31(3,4)5/h7-19,27H,6,20-22H2,1-5H3,(H,32,35)/t27-/m1/s1.